The van der Waals surface area contributed by atoms with Crippen molar-refractivity contribution in [3.63, 3.8) is 0 Å². The van der Waals surface area contributed by atoms with Gasteiger partial charge >= 0.3 is 39.6 Å². The maximum Gasteiger partial charge on any atom is -0.0623 e. The number of para-hydroxylation sites is 1. The van der Waals surface area contributed by atoms with Crippen LogP contribution in [-0.2, 0) is 0 Å². The van der Waals surface area contributed by atoms with Crippen molar-refractivity contribution in [3.8, 4) is 5.75 Å². The van der Waals surface area contributed by atoms with Crippen LogP contribution in [0.5, 0.6) is 5.75 Å². The Hall–Kier alpha value is -0.448. The van der Waals surface area contributed by atoms with Gasteiger partial charge in [0.25, 0.3) is 0 Å². The Morgan fingerprint density at radius 3 is 1.75 bits per heavy atom. The molecule has 2 heteroatoms. The van der Waals surface area contributed by atoms with E-state index in [1.807, 2.05) is 6.07 Å². The first-order valence-electron chi connectivity index (χ1n) is 4.35. The van der Waals surface area contributed by atoms with Crippen LogP contribution >= 0.6 is 0 Å². The minimum Gasteiger partial charge on any atom is -0.872 e. The van der Waals surface area contributed by atoms with Gasteiger partial charge in [0, 0.05) is 0 Å². The molecule has 1 nitrogen and oxygen atoms in total. The molecule has 0 saturated carbocycles. The van der Waals surface area contributed by atoms with Crippen LogP contribution in [0.4, 0.5) is 0 Å². The van der Waals surface area contributed by atoms with Gasteiger partial charge in [-0.25, -0.2) is 0 Å². The smallest absolute Gasteiger partial charge is 0.0623 e. The van der Waals surface area contributed by atoms with Gasteiger partial charge in [0.15, 0.2) is 0 Å². The Labute approximate surface area is 81.1 Å². The summed E-state index contributed by atoms with van der Waals surface area (Å²) in [4.78, 5) is 0. The Kier molecular flexibility index (Phi) is 8.32. The fourth-order valence-electron chi connectivity index (χ4n) is 0.709. The zero-order chi connectivity index (χ0) is 9.23. The fourth-order valence-corrected chi connectivity index (χ4v) is 1.29. The van der Waals surface area contributed by atoms with Gasteiger partial charge in [-0.1, -0.05) is 30.3 Å². The molecule has 12 heavy (non-hydrogen) atoms. The molecule has 64 valence electrons. The van der Waals surface area contributed by atoms with Crippen molar-refractivity contribution in [2.75, 3.05) is 0 Å². The molecule has 1 aromatic carbocycles. The standard InChI is InChI=1S/C6H6O.2C2H5.Al/c7-6-4-2-1-3-5-6;2*1-2;/h1-5,7H;2*1H2,2H3;/q;;;+1/p-1. The maximum atomic E-state index is 10.3. The maximum absolute atomic E-state index is 10.3. The van der Waals surface area contributed by atoms with E-state index in [9.17, 15) is 5.11 Å². The van der Waals surface area contributed by atoms with E-state index in [1.165, 1.54) is 22.7 Å². The first kappa shape index (κ1) is 11.6. The molecule has 0 atom stereocenters. The topological polar surface area (TPSA) is 23.1 Å². The third kappa shape index (κ3) is 7.66. The Balaban J connectivity index is 0.000000217. The van der Waals surface area contributed by atoms with Gasteiger partial charge in [-0.3, -0.25) is 0 Å². The number of benzene rings is 1. The summed E-state index contributed by atoms with van der Waals surface area (Å²) in [5, 5.41) is 13.1. The molecule has 0 aromatic heterocycles. The van der Waals surface area contributed by atoms with Crippen LogP contribution in [0.3, 0.4) is 0 Å². The molecule has 0 unspecified atom stereocenters. The van der Waals surface area contributed by atoms with Gasteiger partial charge in [-0.05, 0) is 0 Å². The fraction of sp³-hybridized carbons (Fsp3) is 0.400. The van der Waals surface area contributed by atoms with Gasteiger partial charge < -0.3 is 5.11 Å². The molecule has 0 aliphatic rings. The van der Waals surface area contributed by atoms with E-state index < -0.39 is 0 Å². The molecule has 0 bridgehead atoms. The van der Waals surface area contributed by atoms with E-state index in [2.05, 4.69) is 13.8 Å². The molecule has 0 aliphatic carbocycles. The molecule has 0 N–H and O–H groups in total. The molecule has 0 saturated heterocycles. The minimum absolute atomic E-state index is 0.0718. The van der Waals surface area contributed by atoms with E-state index >= 15 is 0 Å². The third-order valence-corrected chi connectivity index (χ3v) is 2.48. The van der Waals surface area contributed by atoms with E-state index in [-0.39, 0.29) is 5.75 Å². The second-order valence-corrected chi connectivity index (χ2v) is 4.63. The van der Waals surface area contributed by atoms with Gasteiger partial charge in [0.05, 0.1) is 0 Å². The molecule has 0 fully saturated rings. The molecule has 1 rings (SSSR count). The zero-order valence-corrected chi connectivity index (χ0v) is 8.94. The quantitative estimate of drug-likeness (QED) is 0.637. The molecule has 1 aromatic rings. The van der Waals surface area contributed by atoms with Crippen molar-refractivity contribution >= 4 is 15.2 Å². The number of hydrogen-bond donors (Lipinski definition) is 0. The van der Waals surface area contributed by atoms with Crippen LogP contribution in [0.25, 0.3) is 0 Å². The SMILES string of the molecule is C[CH2][Al+][CH2]C.[O-]c1ccccc1. The first-order chi connectivity index (χ1) is 5.81. The van der Waals surface area contributed by atoms with E-state index in [4.69, 9.17) is 0 Å². The van der Waals surface area contributed by atoms with Gasteiger partial charge in [-0.2, -0.15) is 0 Å². The molecule has 0 spiro atoms. The van der Waals surface area contributed by atoms with Gasteiger partial charge in [-0.15, -0.1) is 5.75 Å². The van der Waals surface area contributed by atoms with Crippen molar-refractivity contribution in [2.45, 2.75) is 24.4 Å². The van der Waals surface area contributed by atoms with Gasteiger partial charge in [0.1, 0.15) is 0 Å². The van der Waals surface area contributed by atoms with Crippen molar-refractivity contribution in [1.29, 1.82) is 0 Å². The summed E-state index contributed by atoms with van der Waals surface area (Å²) in [6, 6.07) is 8.33. The molecule has 0 heterocycles. The Morgan fingerprint density at radius 1 is 1.08 bits per heavy atom. The predicted molar refractivity (Wildman–Crippen MR) is 52.6 cm³/mol. The van der Waals surface area contributed by atoms with E-state index in [1.54, 1.807) is 12.1 Å². The molecule has 0 amide bonds. The van der Waals surface area contributed by atoms with E-state index in [0.717, 1.165) is 15.2 Å². The minimum atomic E-state index is 0.0718. The van der Waals surface area contributed by atoms with Crippen molar-refractivity contribution in [2.24, 2.45) is 0 Å². The zero-order valence-electron chi connectivity index (χ0n) is 7.79. The average molecular weight is 178 g/mol. The number of hydrogen-bond acceptors (Lipinski definition) is 1. The van der Waals surface area contributed by atoms with Gasteiger partial charge in [0.2, 0.25) is 0 Å². The summed E-state index contributed by atoms with van der Waals surface area (Å²) in [6.45, 7) is 4.50. The third-order valence-electron chi connectivity index (χ3n) is 1.32. The van der Waals surface area contributed by atoms with Crippen molar-refractivity contribution < 1.29 is 5.11 Å². The van der Waals surface area contributed by atoms with Crippen LogP contribution in [0.2, 0.25) is 10.6 Å². The molecule has 0 radical (unpaired) electrons. The van der Waals surface area contributed by atoms with E-state index in [0.29, 0.717) is 0 Å². The van der Waals surface area contributed by atoms with Crippen molar-refractivity contribution in [1.82, 2.24) is 0 Å². The van der Waals surface area contributed by atoms with Crippen LogP contribution in [-0.4, -0.2) is 15.2 Å². The Bertz CT molecular complexity index is 172. The van der Waals surface area contributed by atoms with Crippen LogP contribution in [0, 0.1) is 0 Å². The summed E-state index contributed by atoms with van der Waals surface area (Å²) in [5.74, 6) is 0.0718. The second-order valence-electron chi connectivity index (χ2n) is 2.42. The Morgan fingerprint density at radius 2 is 1.58 bits per heavy atom. The monoisotopic (exact) mass is 178 g/mol. The second kappa shape index (κ2) is 8.65. The average Bonchev–Trinajstić information content (AvgIpc) is 2.08. The largest absolute Gasteiger partial charge is 0.872 e. The summed E-state index contributed by atoms with van der Waals surface area (Å²) >= 11 is 0.815. The van der Waals surface area contributed by atoms with Crippen LogP contribution in [0.15, 0.2) is 30.3 Å². The first-order valence-corrected chi connectivity index (χ1v) is 5.98. The summed E-state index contributed by atoms with van der Waals surface area (Å²) in [7, 11) is 0. The van der Waals surface area contributed by atoms with Crippen molar-refractivity contribution in [3.05, 3.63) is 30.3 Å². The molecular formula is C10H15AlO. The normalized spacial score (nSPS) is 7.83. The molecule has 0 aliphatic heterocycles. The predicted octanol–water partition coefficient (Wildman–Crippen LogP) is 2.33. The number of rotatable bonds is 2. The molecular weight excluding hydrogens is 163 g/mol. The summed E-state index contributed by atoms with van der Waals surface area (Å²) < 4.78 is 0. The summed E-state index contributed by atoms with van der Waals surface area (Å²) in [6.07, 6.45) is 0. The summed E-state index contributed by atoms with van der Waals surface area (Å²) in [5.41, 5.74) is 0. The van der Waals surface area contributed by atoms with Crippen LogP contribution in [0.1, 0.15) is 13.8 Å². The van der Waals surface area contributed by atoms with Crippen LogP contribution < -0.4 is 5.11 Å².